The molecule has 0 spiro atoms. The molecule has 1 rings (SSSR count). The third-order valence-corrected chi connectivity index (χ3v) is 2.68. The molecule has 0 saturated carbocycles. The summed E-state index contributed by atoms with van der Waals surface area (Å²) in [4.78, 5) is 21.1. The highest BCUT2D eigenvalue weighted by Gasteiger charge is 2.21. The molecular weight excluding hydrogens is 302 g/mol. The van der Waals surface area contributed by atoms with E-state index in [-0.39, 0.29) is 29.5 Å². The van der Waals surface area contributed by atoms with Gasteiger partial charge in [0, 0.05) is 18.7 Å². The molecular formula is C13H16ClNO6. The summed E-state index contributed by atoms with van der Waals surface area (Å²) in [5, 5.41) is 19.7. The number of carboxylic acids is 1. The van der Waals surface area contributed by atoms with Crippen LogP contribution in [0.3, 0.4) is 0 Å². The summed E-state index contributed by atoms with van der Waals surface area (Å²) < 4.78 is 10.6. The molecule has 0 atom stereocenters. The van der Waals surface area contributed by atoms with E-state index in [4.69, 9.17) is 26.2 Å². The molecule has 1 aromatic rings. The number of non-ortho nitro benzene ring substituents is 1. The first-order chi connectivity index (χ1) is 9.82. The number of nitro benzene ring substituents is 1. The minimum Gasteiger partial charge on any atom is -0.489 e. The molecule has 116 valence electrons. The van der Waals surface area contributed by atoms with Crippen molar-refractivity contribution in [1.29, 1.82) is 0 Å². The lowest BCUT2D eigenvalue weighted by atomic mass is 10.2. The Morgan fingerprint density at radius 2 is 2.10 bits per heavy atom. The van der Waals surface area contributed by atoms with Crippen LogP contribution in [0, 0.1) is 16.0 Å². The molecule has 0 aliphatic carbocycles. The third kappa shape index (κ3) is 5.20. The van der Waals surface area contributed by atoms with Gasteiger partial charge < -0.3 is 14.6 Å². The van der Waals surface area contributed by atoms with Crippen molar-refractivity contribution in [2.45, 2.75) is 13.8 Å². The lowest BCUT2D eigenvalue weighted by Crippen LogP contribution is -2.12. The second-order valence-corrected chi connectivity index (χ2v) is 5.09. The van der Waals surface area contributed by atoms with Crippen LogP contribution in [0.4, 0.5) is 5.69 Å². The van der Waals surface area contributed by atoms with Crippen LogP contribution >= 0.6 is 11.6 Å². The molecule has 0 amide bonds. The molecule has 8 heteroatoms. The number of carbonyl (C=O) groups is 1. The van der Waals surface area contributed by atoms with Crippen molar-refractivity contribution >= 4 is 23.3 Å². The normalized spacial score (nSPS) is 10.7. The molecule has 1 N–H and O–H groups in total. The second-order valence-electron chi connectivity index (χ2n) is 4.68. The number of halogens is 1. The highest BCUT2D eigenvalue weighted by Crippen LogP contribution is 2.33. The van der Waals surface area contributed by atoms with Crippen molar-refractivity contribution in [3.05, 3.63) is 32.8 Å². The van der Waals surface area contributed by atoms with Gasteiger partial charge in [0.2, 0.25) is 0 Å². The molecule has 0 aliphatic rings. The quantitative estimate of drug-likeness (QED) is 0.449. The zero-order chi connectivity index (χ0) is 16.0. The molecule has 0 fully saturated rings. The fourth-order valence-corrected chi connectivity index (χ4v) is 1.78. The van der Waals surface area contributed by atoms with E-state index in [0.717, 1.165) is 12.1 Å². The molecule has 0 bridgehead atoms. The van der Waals surface area contributed by atoms with Gasteiger partial charge in [-0.05, 0) is 5.92 Å². The number of nitrogens with zero attached hydrogens (tertiary/aromatic N) is 1. The summed E-state index contributed by atoms with van der Waals surface area (Å²) in [5.74, 6) is -1.07. The van der Waals surface area contributed by atoms with E-state index in [1.165, 1.54) is 0 Å². The number of ether oxygens (including phenoxy) is 2. The molecule has 0 aromatic heterocycles. The topological polar surface area (TPSA) is 98.9 Å². The summed E-state index contributed by atoms with van der Waals surface area (Å²) >= 11 is 5.85. The third-order valence-electron chi connectivity index (χ3n) is 2.39. The fourth-order valence-electron chi connectivity index (χ4n) is 1.51. The minimum atomic E-state index is -1.35. The molecule has 0 aliphatic heterocycles. The summed E-state index contributed by atoms with van der Waals surface area (Å²) in [6, 6.07) is 1.97. The number of rotatable bonds is 8. The van der Waals surface area contributed by atoms with Gasteiger partial charge in [-0.1, -0.05) is 25.4 Å². The van der Waals surface area contributed by atoms with Crippen LogP contribution in [0.5, 0.6) is 5.75 Å². The number of aromatic carboxylic acids is 1. The molecule has 0 unspecified atom stereocenters. The van der Waals surface area contributed by atoms with E-state index in [1.807, 2.05) is 13.8 Å². The second kappa shape index (κ2) is 7.80. The van der Waals surface area contributed by atoms with Crippen molar-refractivity contribution in [2.75, 3.05) is 19.8 Å². The van der Waals surface area contributed by atoms with E-state index < -0.39 is 16.6 Å². The highest BCUT2D eigenvalue weighted by atomic mass is 35.5. The lowest BCUT2D eigenvalue weighted by Gasteiger charge is -2.12. The van der Waals surface area contributed by atoms with Crippen molar-refractivity contribution in [2.24, 2.45) is 5.92 Å². The van der Waals surface area contributed by atoms with Crippen molar-refractivity contribution in [3.8, 4) is 5.75 Å². The Morgan fingerprint density at radius 1 is 1.43 bits per heavy atom. The van der Waals surface area contributed by atoms with Crippen LogP contribution in [-0.4, -0.2) is 35.8 Å². The van der Waals surface area contributed by atoms with Gasteiger partial charge in [0.1, 0.15) is 12.2 Å². The summed E-state index contributed by atoms with van der Waals surface area (Å²) in [6.07, 6.45) is 0. The van der Waals surface area contributed by atoms with Crippen LogP contribution in [0.15, 0.2) is 12.1 Å². The number of carboxylic acid groups (broad SMARTS) is 1. The summed E-state index contributed by atoms with van der Waals surface area (Å²) in [5.41, 5.74) is -0.751. The highest BCUT2D eigenvalue weighted by molar-refractivity contribution is 6.32. The first-order valence-corrected chi connectivity index (χ1v) is 6.62. The van der Waals surface area contributed by atoms with Gasteiger partial charge in [0.15, 0.2) is 5.75 Å². The van der Waals surface area contributed by atoms with E-state index >= 15 is 0 Å². The number of hydrogen-bond donors (Lipinski definition) is 1. The lowest BCUT2D eigenvalue weighted by molar-refractivity contribution is -0.384. The van der Waals surface area contributed by atoms with Crippen LogP contribution < -0.4 is 4.74 Å². The maximum atomic E-state index is 11.1. The van der Waals surface area contributed by atoms with Crippen molar-refractivity contribution in [1.82, 2.24) is 0 Å². The van der Waals surface area contributed by atoms with Crippen LogP contribution in [0.1, 0.15) is 24.2 Å². The van der Waals surface area contributed by atoms with Crippen LogP contribution in [0.2, 0.25) is 5.02 Å². The van der Waals surface area contributed by atoms with E-state index in [0.29, 0.717) is 12.5 Å². The summed E-state index contributed by atoms with van der Waals surface area (Å²) in [6.45, 7) is 4.92. The van der Waals surface area contributed by atoms with Gasteiger partial charge in [0.25, 0.3) is 5.69 Å². The van der Waals surface area contributed by atoms with Gasteiger partial charge in [0.05, 0.1) is 16.6 Å². The van der Waals surface area contributed by atoms with Gasteiger partial charge in [-0.3, -0.25) is 10.1 Å². The number of benzene rings is 1. The predicted octanol–water partition coefficient (Wildman–Crippen LogP) is 3.00. The van der Waals surface area contributed by atoms with Gasteiger partial charge >= 0.3 is 5.97 Å². The minimum absolute atomic E-state index is 0.0945. The first kappa shape index (κ1) is 17.2. The SMILES string of the molecule is CC(C)COCCOc1c(Cl)cc([N+](=O)[O-])cc1C(=O)O. The largest absolute Gasteiger partial charge is 0.489 e. The van der Waals surface area contributed by atoms with E-state index in [9.17, 15) is 14.9 Å². The molecule has 0 heterocycles. The zero-order valence-corrected chi connectivity index (χ0v) is 12.4. The fraction of sp³-hybridized carbons (Fsp3) is 0.462. The maximum Gasteiger partial charge on any atom is 0.339 e. The summed E-state index contributed by atoms with van der Waals surface area (Å²) in [7, 11) is 0. The van der Waals surface area contributed by atoms with Gasteiger partial charge in [-0.25, -0.2) is 4.79 Å². The van der Waals surface area contributed by atoms with Gasteiger partial charge in [-0.15, -0.1) is 0 Å². The molecule has 0 saturated heterocycles. The predicted molar refractivity (Wildman–Crippen MR) is 76.2 cm³/mol. The average Bonchev–Trinajstić information content (AvgIpc) is 2.38. The van der Waals surface area contributed by atoms with Gasteiger partial charge in [-0.2, -0.15) is 0 Å². The van der Waals surface area contributed by atoms with E-state index in [1.54, 1.807) is 0 Å². The van der Waals surface area contributed by atoms with Crippen molar-refractivity contribution in [3.63, 3.8) is 0 Å². The Kier molecular flexibility index (Phi) is 6.39. The molecule has 21 heavy (non-hydrogen) atoms. The van der Waals surface area contributed by atoms with Crippen LogP contribution in [0.25, 0.3) is 0 Å². The standard InChI is InChI=1S/C13H16ClNO6/c1-8(2)7-20-3-4-21-12-10(13(16)17)5-9(15(18)19)6-11(12)14/h5-6,8H,3-4,7H2,1-2H3,(H,16,17). The van der Waals surface area contributed by atoms with E-state index in [2.05, 4.69) is 0 Å². The zero-order valence-electron chi connectivity index (χ0n) is 11.7. The van der Waals surface area contributed by atoms with Crippen LogP contribution in [-0.2, 0) is 4.74 Å². The first-order valence-electron chi connectivity index (χ1n) is 6.24. The maximum absolute atomic E-state index is 11.1. The number of hydrogen-bond acceptors (Lipinski definition) is 5. The molecule has 1 aromatic carbocycles. The number of nitro groups is 1. The molecule has 7 nitrogen and oxygen atoms in total. The Balaban J connectivity index is 2.81. The Bertz CT molecular complexity index is 532. The monoisotopic (exact) mass is 317 g/mol. The Labute approximate surface area is 126 Å². The Hall–Kier alpha value is -1.86. The molecule has 0 radical (unpaired) electrons. The Morgan fingerprint density at radius 3 is 2.62 bits per heavy atom. The smallest absolute Gasteiger partial charge is 0.339 e. The van der Waals surface area contributed by atoms with Crippen molar-refractivity contribution < 1.29 is 24.3 Å². The average molecular weight is 318 g/mol.